The van der Waals surface area contributed by atoms with Crippen LogP contribution in [-0.2, 0) is 4.74 Å². The Morgan fingerprint density at radius 1 is 1.70 bits per heavy atom. The van der Waals surface area contributed by atoms with Crippen LogP contribution in [0.4, 0.5) is 4.79 Å². The van der Waals surface area contributed by atoms with Gasteiger partial charge in [0.15, 0.2) is 0 Å². The maximum atomic E-state index is 10.3. The van der Waals surface area contributed by atoms with Crippen molar-refractivity contribution in [1.29, 1.82) is 0 Å². The first kappa shape index (κ1) is 7.72. The van der Waals surface area contributed by atoms with Crippen molar-refractivity contribution < 1.29 is 9.53 Å². The highest BCUT2D eigenvalue weighted by atomic mass is 32.1. The van der Waals surface area contributed by atoms with Crippen LogP contribution >= 0.6 is 12.6 Å². The van der Waals surface area contributed by atoms with Gasteiger partial charge < -0.3 is 10.5 Å². The Bertz CT molecular complexity index is 145. The molecule has 0 aromatic heterocycles. The van der Waals surface area contributed by atoms with Crippen molar-refractivity contribution in [2.75, 3.05) is 5.75 Å². The van der Waals surface area contributed by atoms with Gasteiger partial charge in [-0.15, -0.1) is 0 Å². The standard InChI is InChI=1S/C6H11NO2S/c7-5(8)9-6(1-2-6)3-4-10/h10H,1-4H2,(H2,7,8). The molecule has 0 aromatic carbocycles. The molecule has 1 rings (SSSR count). The lowest BCUT2D eigenvalue weighted by Gasteiger charge is -2.12. The van der Waals surface area contributed by atoms with Gasteiger partial charge in [-0.25, -0.2) is 4.79 Å². The second-order valence-corrected chi connectivity index (χ2v) is 3.02. The van der Waals surface area contributed by atoms with Crippen LogP contribution in [0.15, 0.2) is 0 Å². The van der Waals surface area contributed by atoms with Crippen LogP contribution in [0.1, 0.15) is 19.3 Å². The van der Waals surface area contributed by atoms with Crippen LogP contribution in [0.25, 0.3) is 0 Å². The zero-order valence-electron chi connectivity index (χ0n) is 5.67. The van der Waals surface area contributed by atoms with Crippen LogP contribution in [0.3, 0.4) is 0 Å². The van der Waals surface area contributed by atoms with Gasteiger partial charge in [0.1, 0.15) is 5.60 Å². The van der Waals surface area contributed by atoms with E-state index in [0.717, 1.165) is 25.0 Å². The molecular formula is C6H11NO2S. The molecule has 58 valence electrons. The molecule has 3 nitrogen and oxygen atoms in total. The molecule has 0 bridgehead atoms. The molecule has 0 atom stereocenters. The van der Waals surface area contributed by atoms with Crippen molar-refractivity contribution in [3.63, 3.8) is 0 Å². The molecule has 1 aliphatic rings. The van der Waals surface area contributed by atoms with E-state index in [1.54, 1.807) is 0 Å². The summed E-state index contributed by atoms with van der Waals surface area (Å²) in [4.78, 5) is 10.3. The predicted octanol–water partition coefficient (Wildman–Crippen LogP) is 0.934. The maximum Gasteiger partial charge on any atom is 0.405 e. The van der Waals surface area contributed by atoms with Crippen LogP contribution < -0.4 is 5.73 Å². The average Bonchev–Trinajstić information content (AvgIpc) is 2.47. The monoisotopic (exact) mass is 161 g/mol. The van der Waals surface area contributed by atoms with Gasteiger partial charge in [0.25, 0.3) is 0 Å². The summed E-state index contributed by atoms with van der Waals surface area (Å²) >= 11 is 4.04. The number of primary amides is 1. The zero-order valence-corrected chi connectivity index (χ0v) is 6.56. The van der Waals surface area contributed by atoms with E-state index in [0.29, 0.717) is 0 Å². The Kier molecular flexibility index (Phi) is 2.08. The summed E-state index contributed by atoms with van der Waals surface area (Å²) in [5.74, 6) is 0.743. The van der Waals surface area contributed by atoms with Crippen molar-refractivity contribution in [1.82, 2.24) is 0 Å². The van der Waals surface area contributed by atoms with E-state index in [-0.39, 0.29) is 5.60 Å². The van der Waals surface area contributed by atoms with E-state index in [4.69, 9.17) is 10.5 Å². The third kappa shape index (κ3) is 1.80. The molecule has 1 fully saturated rings. The molecule has 0 radical (unpaired) electrons. The van der Waals surface area contributed by atoms with Gasteiger partial charge in [-0.3, -0.25) is 0 Å². The van der Waals surface area contributed by atoms with Crippen LogP contribution in [-0.4, -0.2) is 17.4 Å². The lowest BCUT2D eigenvalue weighted by atomic mass is 10.2. The summed E-state index contributed by atoms with van der Waals surface area (Å²) in [6, 6.07) is 0. The first-order chi connectivity index (χ1) is 4.68. The van der Waals surface area contributed by atoms with E-state index < -0.39 is 6.09 Å². The summed E-state index contributed by atoms with van der Waals surface area (Å²) < 4.78 is 4.88. The number of carbonyl (C=O) groups excluding carboxylic acids is 1. The molecule has 0 aromatic rings. The zero-order chi connectivity index (χ0) is 7.61. The van der Waals surface area contributed by atoms with Crippen molar-refractivity contribution >= 4 is 18.7 Å². The molecule has 0 unspecified atom stereocenters. The van der Waals surface area contributed by atoms with E-state index in [9.17, 15) is 4.79 Å². The normalized spacial score (nSPS) is 20.1. The lowest BCUT2D eigenvalue weighted by Crippen LogP contribution is -2.24. The van der Waals surface area contributed by atoms with E-state index in [2.05, 4.69) is 12.6 Å². The highest BCUT2D eigenvalue weighted by molar-refractivity contribution is 7.80. The summed E-state index contributed by atoms with van der Waals surface area (Å²) in [7, 11) is 0. The average molecular weight is 161 g/mol. The van der Waals surface area contributed by atoms with Gasteiger partial charge in [-0.1, -0.05) is 0 Å². The molecule has 1 saturated carbocycles. The third-order valence-electron chi connectivity index (χ3n) is 1.69. The van der Waals surface area contributed by atoms with E-state index in [1.165, 1.54) is 0 Å². The quantitative estimate of drug-likeness (QED) is 0.605. The second-order valence-electron chi connectivity index (χ2n) is 2.58. The Balaban J connectivity index is 2.30. The fraction of sp³-hybridized carbons (Fsp3) is 0.833. The fourth-order valence-electron chi connectivity index (χ4n) is 0.960. The molecule has 4 heteroatoms. The molecule has 1 aliphatic carbocycles. The van der Waals surface area contributed by atoms with Crippen molar-refractivity contribution in [3.05, 3.63) is 0 Å². The minimum absolute atomic E-state index is 0.229. The molecule has 0 saturated heterocycles. The molecule has 2 N–H and O–H groups in total. The molecule has 0 heterocycles. The summed E-state index contributed by atoms with van der Waals surface area (Å²) in [6.45, 7) is 0. The SMILES string of the molecule is NC(=O)OC1(CCS)CC1. The minimum Gasteiger partial charge on any atom is -0.443 e. The Hall–Kier alpha value is -0.380. The number of hydrogen-bond acceptors (Lipinski definition) is 3. The fourth-order valence-corrected chi connectivity index (χ4v) is 1.37. The molecule has 10 heavy (non-hydrogen) atoms. The van der Waals surface area contributed by atoms with Gasteiger partial charge in [0.05, 0.1) is 0 Å². The largest absolute Gasteiger partial charge is 0.443 e. The molecule has 0 aliphatic heterocycles. The van der Waals surface area contributed by atoms with E-state index >= 15 is 0 Å². The van der Waals surface area contributed by atoms with Gasteiger partial charge in [0.2, 0.25) is 0 Å². The summed E-state index contributed by atoms with van der Waals surface area (Å²) in [5, 5.41) is 0. The molecule has 1 amide bonds. The van der Waals surface area contributed by atoms with Crippen molar-refractivity contribution in [3.8, 4) is 0 Å². The smallest absolute Gasteiger partial charge is 0.405 e. The van der Waals surface area contributed by atoms with Crippen LogP contribution in [0, 0.1) is 0 Å². The maximum absolute atomic E-state index is 10.3. The first-order valence-corrected chi connectivity index (χ1v) is 3.91. The lowest BCUT2D eigenvalue weighted by molar-refractivity contribution is 0.0893. The number of nitrogens with two attached hydrogens (primary N) is 1. The molecule has 0 spiro atoms. The number of hydrogen-bond donors (Lipinski definition) is 2. The van der Waals surface area contributed by atoms with Crippen molar-refractivity contribution in [2.24, 2.45) is 5.73 Å². The van der Waals surface area contributed by atoms with Crippen LogP contribution in [0.2, 0.25) is 0 Å². The topological polar surface area (TPSA) is 52.3 Å². The first-order valence-electron chi connectivity index (χ1n) is 3.28. The Morgan fingerprint density at radius 2 is 2.30 bits per heavy atom. The highest BCUT2D eigenvalue weighted by Crippen LogP contribution is 2.42. The third-order valence-corrected chi connectivity index (χ3v) is 1.92. The summed E-state index contributed by atoms with van der Waals surface area (Å²) in [5.41, 5.74) is 4.63. The van der Waals surface area contributed by atoms with Gasteiger partial charge in [-0.05, 0) is 25.0 Å². The van der Waals surface area contributed by atoms with Gasteiger partial charge in [0, 0.05) is 0 Å². The number of amides is 1. The number of carbonyl (C=O) groups is 1. The Morgan fingerprint density at radius 3 is 2.60 bits per heavy atom. The number of ether oxygens (including phenoxy) is 1. The highest BCUT2D eigenvalue weighted by Gasteiger charge is 2.45. The summed E-state index contributed by atoms with van der Waals surface area (Å²) in [6.07, 6.45) is 2.03. The number of thiol groups is 1. The van der Waals surface area contributed by atoms with E-state index in [1.807, 2.05) is 0 Å². The Labute approximate surface area is 65.3 Å². The number of rotatable bonds is 3. The van der Waals surface area contributed by atoms with Gasteiger partial charge in [-0.2, -0.15) is 12.6 Å². The molecular weight excluding hydrogens is 150 g/mol. The predicted molar refractivity (Wildman–Crippen MR) is 41.1 cm³/mol. The minimum atomic E-state index is -0.667. The second kappa shape index (κ2) is 2.70. The van der Waals surface area contributed by atoms with Gasteiger partial charge >= 0.3 is 6.09 Å². The van der Waals surface area contributed by atoms with Crippen molar-refractivity contribution in [2.45, 2.75) is 24.9 Å². The van der Waals surface area contributed by atoms with Crippen LogP contribution in [0.5, 0.6) is 0 Å².